The van der Waals surface area contributed by atoms with Gasteiger partial charge in [0.25, 0.3) is 0 Å². The minimum absolute atomic E-state index is 0.0910. The van der Waals surface area contributed by atoms with Crippen molar-refractivity contribution in [3.05, 3.63) is 47.5 Å². The van der Waals surface area contributed by atoms with Gasteiger partial charge in [-0.2, -0.15) is 0 Å². The lowest BCUT2D eigenvalue weighted by atomic mass is 9.88. The number of fused-ring (bicyclic) bond motifs is 2. The first-order valence-electron chi connectivity index (χ1n) is 12.0. The van der Waals surface area contributed by atoms with E-state index in [9.17, 15) is 9.90 Å². The molecule has 3 heterocycles. The number of allylic oxidation sites excluding steroid dienone is 2. The highest BCUT2D eigenvalue weighted by atomic mass is 16.6. The Kier molecular flexibility index (Phi) is 7.57. The van der Waals surface area contributed by atoms with E-state index in [1.807, 2.05) is 18.5 Å². The third kappa shape index (κ3) is 5.26. The molecule has 0 saturated carbocycles. The van der Waals surface area contributed by atoms with Gasteiger partial charge in [-0.1, -0.05) is 6.08 Å². The largest absolute Gasteiger partial charge is 0.496 e. The lowest BCUT2D eigenvalue weighted by Crippen LogP contribution is -2.42. The minimum Gasteiger partial charge on any atom is -0.496 e. The van der Waals surface area contributed by atoms with Crippen molar-refractivity contribution < 1.29 is 34.0 Å². The van der Waals surface area contributed by atoms with E-state index in [1.165, 1.54) is 0 Å². The summed E-state index contributed by atoms with van der Waals surface area (Å²) in [6, 6.07) is 1.76. The summed E-state index contributed by atoms with van der Waals surface area (Å²) in [5, 5.41) is 23.3. The van der Waals surface area contributed by atoms with Gasteiger partial charge < -0.3 is 39.4 Å². The summed E-state index contributed by atoms with van der Waals surface area (Å²) in [4.78, 5) is 14.6. The molecule has 9 heteroatoms. The molecule has 4 rings (SSSR count). The maximum absolute atomic E-state index is 12.5. The molecule has 0 bridgehead atoms. The van der Waals surface area contributed by atoms with Crippen LogP contribution in [-0.4, -0.2) is 66.3 Å². The number of hydrogen-bond donors (Lipinski definition) is 3. The molecular formula is C26H34N2O7. The number of esters is 1. The average molecular weight is 487 g/mol. The average Bonchev–Trinajstić information content (AvgIpc) is 3.51. The number of hydrogen-bond acceptors (Lipinski definition) is 9. The number of benzene rings is 1. The lowest BCUT2D eigenvalue weighted by molar-refractivity contribution is -0.141. The number of aliphatic hydroxyl groups is 2. The van der Waals surface area contributed by atoms with Crippen molar-refractivity contribution in [3.8, 4) is 17.2 Å². The normalized spacial score (nSPS) is 20.8. The Balaban J connectivity index is 1.69. The fourth-order valence-corrected chi connectivity index (χ4v) is 4.56. The van der Waals surface area contributed by atoms with Crippen LogP contribution in [0.1, 0.15) is 44.2 Å². The van der Waals surface area contributed by atoms with E-state index in [2.05, 4.69) is 10.2 Å². The highest BCUT2D eigenvalue weighted by Gasteiger charge is 2.41. The zero-order valence-corrected chi connectivity index (χ0v) is 20.5. The van der Waals surface area contributed by atoms with Crippen molar-refractivity contribution in [1.82, 2.24) is 10.2 Å². The summed E-state index contributed by atoms with van der Waals surface area (Å²) in [5.74, 6) is 1.15. The van der Waals surface area contributed by atoms with Crippen LogP contribution in [0.5, 0.6) is 17.2 Å². The molecule has 1 aromatic rings. The predicted molar refractivity (Wildman–Crippen MR) is 130 cm³/mol. The molecule has 0 saturated heterocycles. The topological polar surface area (TPSA) is 110 Å². The number of ether oxygens (including phenoxy) is 4. The standard InChI is InChI=1S/C26H34N2O7/c1-4-33-25(30)21-13-17(7-10-28-11-9-27-16-28)23-20(34-21)15-19-18(24(23)32-3)14-22(35-19)26(2,31)8-5-6-12-29/h7,9,11,13,15,22,27,29,31H,4-6,8,10,12,14,16H2,1-3H3. The van der Waals surface area contributed by atoms with Crippen LogP contribution in [0.4, 0.5) is 0 Å². The summed E-state index contributed by atoms with van der Waals surface area (Å²) in [6.07, 6.45) is 9.36. The molecule has 0 spiro atoms. The molecular weight excluding hydrogens is 452 g/mol. The van der Waals surface area contributed by atoms with Crippen LogP contribution < -0.4 is 19.5 Å². The summed E-state index contributed by atoms with van der Waals surface area (Å²) >= 11 is 0. The van der Waals surface area contributed by atoms with Gasteiger partial charge in [-0.25, -0.2) is 4.79 Å². The van der Waals surface area contributed by atoms with Crippen LogP contribution in [0.3, 0.4) is 0 Å². The molecule has 0 aromatic heterocycles. The summed E-state index contributed by atoms with van der Waals surface area (Å²) in [6.45, 7) is 5.14. The highest BCUT2D eigenvalue weighted by molar-refractivity contribution is 5.95. The number of carbonyl (C=O) groups is 1. The molecule has 0 aliphatic carbocycles. The second-order valence-electron chi connectivity index (χ2n) is 9.05. The van der Waals surface area contributed by atoms with Gasteiger partial charge in [-0.05, 0) is 44.8 Å². The van der Waals surface area contributed by atoms with Crippen LogP contribution in [-0.2, 0) is 16.0 Å². The number of unbranched alkanes of at least 4 members (excludes halogenated alkanes) is 1. The van der Waals surface area contributed by atoms with Crippen LogP contribution in [0.25, 0.3) is 5.57 Å². The Bertz CT molecular complexity index is 1040. The van der Waals surface area contributed by atoms with Crippen LogP contribution in [0.2, 0.25) is 0 Å². The molecule has 3 aliphatic rings. The van der Waals surface area contributed by atoms with E-state index >= 15 is 0 Å². The SMILES string of the molecule is CCOC(=O)C1=CC(=CCN2C=CNC2)c2c(cc3c(c2OC)CC(C(C)(O)CCCCO)O3)O1. The second-order valence-corrected chi connectivity index (χ2v) is 9.05. The third-order valence-corrected chi connectivity index (χ3v) is 6.47. The first kappa shape index (κ1) is 24.9. The molecule has 1 aromatic carbocycles. The van der Waals surface area contributed by atoms with E-state index in [4.69, 9.17) is 24.1 Å². The van der Waals surface area contributed by atoms with Crippen molar-refractivity contribution >= 4 is 11.5 Å². The summed E-state index contributed by atoms with van der Waals surface area (Å²) in [5.41, 5.74) is 1.29. The maximum Gasteiger partial charge on any atom is 0.374 e. The number of nitrogens with zero attached hydrogens (tertiary/aromatic N) is 1. The molecule has 9 nitrogen and oxygen atoms in total. The van der Waals surface area contributed by atoms with E-state index in [1.54, 1.807) is 33.1 Å². The van der Waals surface area contributed by atoms with Gasteiger partial charge in [0.15, 0.2) is 0 Å². The monoisotopic (exact) mass is 486 g/mol. The zero-order valence-electron chi connectivity index (χ0n) is 20.5. The first-order chi connectivity index (χ1) is 16.9. The Morgan fingerprint density at radius 2 is 2.20 bits per heavy atom. The molecule has 3 aliphatic heterocycles. The molecule has 0 fully saturated rings. The van der Waals surface area contributed by atoms with Gasteiger partial charge in [0, 0.05) is 43.6 Å². The molecule has 190 valence electrons. The van der Waals surface area contributed by atoms with Gasteiger partial charge >= 0.3 is 5.97 Å². The van der Waals surface area contributed by atoms with E-state index < -0.39 is 17.7 Å². The molecule has 2 unspecified atom stereocenters. The van der Waals surface area contributed by atoms with Gasteiger partial charge in [0.2, 0.25) is 5.76 Å². The number of carbonyl (C=O) groups excluding carboxylic acids is 1. The van der Waals surface area contributed by atoms with Gasteiger partial charge in [0.1, 0.15) is 23.4 Å². The van der Waals surface area contributed by atoms with Crippen molar-refractivity contribution in [1.29, 1.82) is 0 Å². The van der Waals surface area contributed by atoms with Crippen LogP contribution >= 0.6 is 0 Å². The number of methoxy groups -OCH3 is 1. The van der Waals surface area contributed by atoms with Crippen molar-refractivity contribution in [3.63, 3.8) is 0 Å². The smallest absolute Gasteiger partial charge is 0.374 e. The Hall–Kier alpha value is -3.17. The van der Waals surface area contributed by atoms with Gasteiger partial charge in [-0.15, -0.1) is 0 Å². The van der Waals surface area contributed by atoms with E-state index in [0.717, 1.165) is 16.7 Å². The molecule has 2 atom stereocenters. The number of rotatable bonds is 10. The van der Waals surface area contributed by atoms with Crippen molar-refractivity contribution in [2.24, 2.45) is 0 Å². The maximum atomic E-state index is 12.5. The Morgan fingerprint density at radius 3 is 2.89 bits per heavy atom. The van der Waals surface area contributed by atoms with Crippen LogP contribution in [0.15, 0.2) is 36.4 Å². The molecule has 0 radical (unpaired) electrons. The summed E-state index contributed by atoms with van der Waals surface area (Å²) in [7, 11) is 1.60. The number of nitrogens with one attached hydrogen (secondary N) is 1. The molecule has 0 amide bonds. The Morgan fingerprint density at radius 1 is 1.37 bits per heavy atom. The van der Waals surface area contributed by atoms with Gasteiger partial charge in [-0.3, -0.25) is 0 Å². The Labute approximate surface area is 205 Å². The van der Waals surface area contributed by atoms with Crippen molar-refractivity contribution in [2.45, 2.75) is 51.2 Å². The van der Waals surface area contributed by atoms with Gasteiger partial charge in [0.05, 0.1) is 31.5 Å². The molecule has 3 N–H and O–H groups in total. The fraction of sp³-hybridized carbons (Fsp3) is 0.500. The third-order valence-electron chi connectivity index (χ3n) is 6.47. The molecule has 35 heavy (non-hydrogen) atoms. The minimum atomic E-state index is -1.08. The first-order valence-corrected chi connectivity index (χ1v) is 12.0. The second kappa shape index (κ2) is 10.6. The fourth-order valence-electron chi connectivity index (χ4n) is 4.56. The lowest BCUT2D eigenvalue weighted by Gasteiger charge is -2.29. The highest BCUT2D eigenvalue weighted by Crippen LogP contribution is 2.50. The summed E-state index contributed by atoms with van der Waals surface area (Å²) < 4.78 is 23.2. The quantitative estimate of drug-likeness (QED) is 0.339. The van der Waals surface area contributed by atoms with Crippen LogP contribution in [0, 0.1) is 0 Å². The van der Waals surface area contributed by atoms with E-state index in [-0.39, 0.29) is 19.0 Å². The van der Waals surface area contributed by atoms with Crippen molar-refractivity contribution in [2.75, 3.05) is 33.5 Å². The van der Waals surface area contributed by atoms with E-state index in [0.29, 0.717) is 56.1 Å². The predicted octanol–water partition coefficient (Wildman–Crippen LogP) is 2.47. The number of aliphatic hydroxyl groups excluding tert-OH is 1. The zero-order chi connectivity index (χ0) is 25.0.